The van der Waals surface area contributed by atoms with Gasteiger partial charge in [-0.3, -0.25) is 4.79 Å². The summed E-state index contributed by atoms with van der Waals surface area (Å²) in [7, 11) is 1.33. The molecule has 0 bridgehead atoms. The third-order valence-electron chi connectivity index (χ3n) is 3.07. The van der Waals surface area contributed by atoms with Crippen molar-refractivity contribution >= 4 is 11.8 Å². The molecule has 3 heteroatoms. The lowest BCUT2D eigenvalue weighted by atomic mass is 9.82. The van der Waals surface area contributed by atoms with E-state index in [-0.39, 0.29) is 11.2 Å². The lowest BCUT2D eigenvalue weighted by molar-refractivity contribution is 0.0600. The number of hydrogen-bond donors (Lipinski definition) is 0. The Balaban J connectivity index is 2.96. The van der Waals surface area contributed by atoms with Gasteiger partial charge in [-0.25, -0.2) is 4.79 Å². The number of ketones is 1. The summed E-state index contributed by atoms with van der Waals surface area (Å²) in [5.41, 5.74) is 0.718. The molecule has 92 valence electrons. The van der Waals surface area contributed by atoms with Crippen LogP contribution in [-0.4, -0.2) is 18.9 Å². The largest absolute Gasteiger partial charge is 0.465 e. The van der Waals surface area contributed by atoms with E-state index in [1.54, 1.807) is 24.3 Å². The molecule has 0 N–H and O–H groups in total. The second-order valence-corrected chi connectivity index (χ2v) is 4.64. The number of ether oxygens (including phenoxy) is 1. The van der Waals surface area contributed by atoms with E-state index >= 15 is 0 Å². The minimum Gasteiger partial charge on any atom is -0.465 e. The number of methoxy groups -OCH3 is 1. The number of carbonyl (C=O) groups is 2. The number of esters is 1. The Morgan fingerprint density at radius 2 is 1.59 bits per heavy atom. The zero-order valence-corrected chi connectivity index (χ0v) is 10.7. The topological polar surface area (TPSA) is 43.4 Å². The van der Waals surface area contributed by atoms with Crippen molar-refractivity contribution in [3.05, 3.63) is 35.4 Å². The third-order valence-corrected chi connectivity index (χ3v) is 3.07. The predicted octanol–water partition coefficient (Wildman–Crippen LogP) is 3.09. The SMILES string of the molecule is CCC(C)(C)C(=O)c1ccc(C(=O)OC)cc1. The Morgan fingerprint density at radius 1 is 1.12 bits per heavy atom. The molecule has 0 aromatic heterocycles. The van der Waals surface area contributed by atoms with E-state index in [0.717, 1.165) is 6.42 Å². The monoisotopic (exact) mass is 234 g/mol. The third kappa shape index (κ3) is 2.93. The van der Waals surface area contributed by atoms with E-state index in [0.29, 0.717) is 11.1 Å². The molecule has 0 aliphatic carbocycles. The van der Waals surface area contributed by atoms with Crippen molar-refractivity contribution in [1.82, 2.24) is 0 Å². The Morgan fingerprint density at radius 3 is 2.00 bits per heavy atom. The molecule has 0 unspecified atom stereocenters. The van der Waals surface area contributed by atoms with Crippen molar-refractivity contribution in [3.63, 3.8) is 0 Å². The van der Waals surface area contributed by atoms with E-state index in [4.69, 9.17) is 0 Å². The van der Waals surface area contributed by atoms with Gasteiger partial charge in [0.15, 0.2) is 5.78 Å². The molecule has 0 heterocycles. The van der Waals surface area contributed by atoms with E-state index in [1.807, 2.05) is 20.8 Å². The fraction of sp³-hybridized carbons (Fsp3) is 0.429. The molecule has 17 heavy (non-hydrogen) atoms. The molecule has 0 radical (unpaired) electrons. The average molecular weight is 234 g/mol. The fourth-order valence-corrected chi connectivity index (χ4v) is 1.43. The molecule has 0 atom stereocenters. The quantitative estimate of drug-likeness (QED) is 0.594. The molecule has 1 aromatic rings. The predicted molar refractivity (Wildman–Crippen MR) is 66.2 cm³/mol. The highest BCUT2D eigenvalue weighted by Gasteiger charge is 2.26. The van der Waals surface area contributed by atoms with Gasteiger partial charge in [-0.2, -0.15) is 0 Å². The van der Waals surface area contributed by atoms with Crippen LogP contribution in [0.5, 0.6) is 0 Å². The van der Waals surface area contributed by atoms with Crippen LogP contribution in [-0.2, 0) is 4.74 Å². The molecular formula is C14H18O3. The Hall–Kier alpha value is -1.64. The van der Waals surface area contributed by atoms with Crippen LogP contribution in [0.1, 0.15) is 47.9 Å². The summed E-state index contributed by atoms with van der Waals surface area (Å²) in [4.78, 5) is 23.4. The van der Waals surface area contributed by atoms with Crippen molar-refractivity contribution in [1.29, 1.82) is 0 Å². The maximum absolute atomic E-state index is 12.1. The number of hydrogen-bond acceptors (Lipinski definition) is 3. The van der Waals surface area contributed by atoms with Gasteiger partial charge in [0.2, 0.25) is 0 Å². The van der Waals surface area contributed by atoms with Crippen molar-refractivity contribution in [3.8, 4) is 0 Å². The molecule has 1 aromatic carbocycles. The Bertz CT molecular complexity index is 416. The number of rotatable bonds is 4. The number of carbonyl (C=O) groups excluding carboxylic acids is 2. The molecule has 3 nitrogen and oxygen atoms in total. The first kappa shape index (κ1) is 13.4. The summed E-state index contributed by atoms with van der Waals surface area (Å²) in [5.74, 6) is -0.296. The minimum atomic E-state index is -0.390. The van der Waals surface area contributed by atoms with Crippen molar-refractivity contribution < 1.29 is 14.3 Å². The zero-order chi connectivity index (χ0) is 13.1. The van der Waals surface area contributed by atoms with Crippen LogP contribution in [0, 0.1) is 5.41 Å². The van der Waals surface area contributed by atoms with E-state index in [9.17, 15) is 9.59 Å². The van der Waals surface area contributed by atoms with Gasteiger partial charge in [0.1, 0.15) is 0 Å². The zero-order valence-electron chi connectivity index (χ0n) is 10.7. The van der Waals surface area contributed by atoms with Crippen LogP contribution in [0.3, 0.4) is 0 Å². The smallest absolute Gasteiger partial charge is 0.337 e. The van der Waals surface area contributed by atoms with E-state index in [2.05, 4.69) is 4.74 Å². The summed E-state index contributed by atoms with van der Waals surface area (Å²) < 4.78 is 4.60. The number of Topliss-reactive ketones (excluding diaryl/α,β-unsaturated/α-hetero) is 1. The van der Waals surface area contributed by atoms with Crippen LogP contribution >= 0.6 is 0 Å². The normalized spacial score (nSPS) is 11.1. The van der Waals surface area contributed by atoms with Gasteiger partial charge in [-0.1, -0.05) is 32.9 Å². The van der Waals surface area contributed by atoms with Gasteiger partial charge >= 0.3 is 5.97 Å². The molecule has 0 aliphatic rings. The molecule has 0 saturated heterocycles. The summed E-state index contributed by atoms with van der Waals surface area (Å²) >= 11 is 0. The van der Waals surface area contributed by atoms with E-state index in [1.165, 1.54) is 7.11 Å². The summed E-state index contributed by atoms with van der Waals surface area (Å²) in [6, 6.07) is 6.58. The van der Waals surface area contributed by atoms with Crippen LogP contribution in [0.25, 0.3) is 0 Å². The molecule has 0 aliphatic heterocycles. The van der Waals surface area contributed by atoms with E-state index < -0.39 is 5.97 Å². The summed E-state index contributed by atoms with van der Waals surface area (Å²) in [6.45, 7) is 5.83. The lowest BCUT2D eigenvalue weighted by Gasteiger charge is -2.20. The average Bonchev–Trinajstić information content (AvgIpc) is 2.37. The molecule has 1 rings (SSSR count). The molecular weight excluding hydrogens is 216 g/mol. The van der Waals surface area contributed by atoms with Crippen LogP contribution in [0.15, 0.2) is 24.3 Å². The highest BCUT2D eigenvalue weighted by molar-refractivity contribution is 6.00. The first-order chi connectivity index (χ1) is 7.92. The van der Waals surface area contributed by atoms with Crippen molar-refractivity contribution in [2.24, 2.45) is 5.41 Å². The summed E-state index contributed by atoms with van der Waals surface area (Å²) in [5, 5.41) is 0. The van der Waals surface area contributed by atoms with Gasteiger partial charge in [-0.15, -0.1) is 0 Å². The fourth-order valence-electron chi connectivity index (χ4n) is 1.43. The molecule has 0 amide bonds. The molecule has 0 spiro atoms. The van der Waals surface area contributed by atoms with Gasteiger partial charge in [0.25, 0.3) is 0 Å². The van der Waals surface area contributed by atoms with Crippen molar-refractivity contribution in [2.75, 3.05) is 7.11 Å². The standard InChI is InChI=1S/C14H18O3/c1-5-14(2,3)12(15)10-6-8-11(9-7-10)13(16)17-4/h6-9H,5H2,1-4H3. The minimum absolute atomic E-state index is 0.0939. The summed E-state index contributed by atoms with van der Waals surface area (Å²) in [6.07, 6.45) is 0.782. The second-order valence-electron chi connectivity index (χ2n) is 4.64. The Labute approximate surface area is 102 Å². The van der Waals surface area contributed by atoms with Gasteiger partial charge < -0.3 is 4.74 Å². The van der Waals surface area contributed by atoms with Crippen LogP contribution in [0.4, 0.5) is 0 Å². The van der Waals surface area contributed by atoms with Gasteiger partial charge in [0, 0.05) is 11.0 Å². The van der Waals surface area contributed by atoms with Crippen LogP contribution < -0.4 is 0 Å². The second kappa shape index (κ2) is 5.13. The highest BCUT2D eigenvalue weighted by Crippen LogP contribution is 2.25. The highest BCUT2D eigenvalue weighted by atomic mass is 16.5. The van der Waals surface area contributed by atoms with Gasteiger partial charge in [-0.05, 0) is 18.6 Å². The molecule has 0 saturated carbocycles. The van der Waals surface area contributed by atoms with Crippen LogP contribution in [0.2, 0.25) is 0 Å². The molecule has 0 fully saturated rings. The maximum atomic E-state index is 12.1. The first-order valence-corrected chi connectivity index (χ1v) is 5.65. The van der Waals surface area contributed by atoms with Crippen molar-refractivity contribution in [2.45, 2.75) is 27.2 Å². The number of benzene rings is 1. The maximum Gasteiger partial charge on any atom is 0.337 e. The first-order valence-electron chi connectivity index (χ1n) is 5.65. The Kier molecular flexibility index (Phi) is 4.05. The lowest BCUT2D eigenvalue weighted by Crippen LogP contribution is -2.23. The van der Waals surface area contributed by atoms with Gasteiger partial charge in [0.05, 0.1) is 12.7 Å².